The normalized spacial score (nSPS) is 14.2. The number of rotatable bonds is 10. The van der Waals surface area contributed by atoms with E-state index in [4.69, 9.17) is 24.7 Å². The van der Waals surface area contributed by atoms with Crippen LogP contribution in [0, 0.1) is 0 Å². The molecular weight excluding hydrogens is 472 g/mol. The molecule has 0 aliphatic carbocycles. The van der Waals surface area contributed by atoms with Crippen molar-refractivity contribution in [2.75, 3.05) is 59.5 Å². The van der Waals surface area contributed by atoms with Crippen molar-refractivity contribution in [3.05, 3.63) is 59.7 Å². The number of fused-ring (bicyclic) bond motifs is 1. The van der Waals surface area contributed by atoms with E-state index in [1.165, 1.54) is 11.1 Å². The molecule has 0 amide bonds. The van der Waals surface area contributed by atoms with Gasteiger partial charge in [-0.3, -0.25) is 9.47 Å². The summed E-state index contributed by atoms with van der Waals surface area (Å²) in [6.45, 7) is 5.74. The molecule has 10 heteroatoms. The molecule has 0 spiro atoms. The van der Waals surface area contributed by atoms with Gasteiger partial charge in [-0.2, -0.15) is 15.0 Å². The highest BCUT2D eigenvalue weighted by Crippen LogP contribution is 2.27. The van der Waals surface area contributed by atoms with Crippen LogP contribution in [0.25, 0.3) is 22.3 Å². The molecule has 4 aromatic rings. The van der Waals surface area contributed by atoms with Crippen LogP contribution in [0.15, 0.2) is 48.5 Å². The van der Waals surface area contributed by atoms with Gasteiger partial charge < -0.3 is 24.7 Å². The van der Waals surface area contributed by atoms with Gasteiger partial charge >= 0.3 is 6.01 Å². The van der Waals surface area contributed by atoms with Crippen molar-refractivity contribution >= 4 is 17.0 Å². The molecule has 5 rings (SSSR count). The molecule has 0 saturated carbocycles. The zero-order valence-corrected chi connectivity index (χ0v) is 21.2. The van der Waals surface area contributed by atoms with Crippen LogP contribution in [0.3, 0.4) is 0 Å². The second-order valence-electron chi connectivity index (χ2n) is 8.88. The minimum absolute atomic E-state index is 0.179. The van der Waals surface area contributed by atoms with Gasteiger partial charge in [0.2, 0.25) is 0 Å². The molecule has 2 aromatic heterocycles. The summed E-state index contributed by atoms with van der Waals surface area (Å²) in [7, 11) is 3.18. The Morgan fingerprint density at radius 1 is 0.892 bits per heavy atom. The summed E-state index contributed by atoms with van der Waals surface area (Å²) in [6.07, 6.45) is 0. The molecule has 0 unspecified atom stereocenters. The lowest BCUT2D eigenvalue weighted by atomic mass is 10.0. The Balaban J connectivity index is 1.35. The van der Waals surface area contributed by atoms with E-state index >= 15 is 0 Å². The third-order valence-corrected chi connectivity index (χ3v) is 6.33. The van der Waals surface area contributed by atoms with Crippen LogP contribution in [0.2, 0.25) is 0 Å². The average molecular weight is 505 g/mol. The Bertz CT molecular complexity index is 1330. The number of morpholine rings is 1. The number of aromatic nitrogens is 4. The highest BCUT2D eigenvalue weighted by molar-refractivity contribution is 5.83. The van der Waals surface area contributed by atoms with Gasteiger partial charge in [0.15, 0.2) is 17.0 Å². The average Bonchev–Trinajstić information content (AvgIpc) is 3.28. The number of anilines is 1. The Morgan fingerprint density at radius 3 is 2.46 bits per heavy atom. The maximum Gasteiger partial charge on any atom is 0.320 e. The minimum atomic E-state index is 0.179. The monoisotopic (exact) mass is 504 g/mol. The Labute approximate surface area is 216 Å². The lowest BCUT2D eigenvalue weighted by Crippen LogP contribution is -2.35. The number of methoxy groups -OCH3 is 2. The molecule has 37 heavy (non-hydrogen) atoms. The molecule has 1 saturated heterocycles. The third kappa shape index (κ3) is 5.82. The van der Waals surface area contributed by atoms with Crippen molar-refractivity contribution in [3.8, 4) is 23.1 Å². The highest BCUT2D eigenvalue weighted by Gasteiger charge is 2.18. The van der Waals surface area contributed by atoms with Crippen LogP contribution in [0.5, 0.6) is 12.0 Å². The van der Waals surface area contributed by atoms with Crippen molar-refractivity contribution in [2.24, 2.45) is 0 Å². The number of benzene rings is 2. The van der Waals surface area contributed by atoms with Crippen molar-refractivity contribution in [1.29, 1.82) is 0 Å². The van der Waals surface area contributed by atoms with Gasteiger partial charge in [0.05, 0.1) is 33.5 Å². The first kappa shape index (κ1) is 24.9. The summed E-state index contributed by atoms with van der Waals surface area (Å²) < 4.78 is 23.5. The maximum atomic E-state index is 6.14. The number of ether oxygens (including phenoxy) is 4. The van der Waals surface area contributed by atoms with Crippen LogP contribution in [-0.4, -0.2) is 78.2 Å². The molecular formula is C27H32N6O4. The fraction of sp³-hybridized carbons (Fsp3) is 0.370. The first-order chi connectivity index (χ1) is 18.1. The second-order valence-corrected chi connectivity index (χ2v) is 8.88. The van der Waals surface area contributed by atoms with E-state index in [1.54, 1.807) is 14.2 Å². The molecule has 0 atom stereocenters. The van der Waals surface area contributed by atoms with Crippen LogP contribution in [0.1, 0.15) is 11.1 Å². The number of nitrogen functional groups attached to an aromatic ring is 1. The predicted molar refractivity (Wildman–Crippen MR) is 141 cm³/mol. The van der Waals surface area contributed by atoms with Crippen LogP contribution >= 0.6 is 0 Å². The summed E-state index contributed by atoms with van der Waals surface area (Å²) >= 11 is 0. The van der Waals surface area contributed by atoms with Crippen LogP contribution in [0.4, 0.5) is 5.82 Å². The van der Waals surface area contributed by atoms with Gasteiger partial charge in [0.1, 0.15) is 6.61 Å². The summed E-state index contributed by atoms with van der Waals surface area (Å²) in [5.41, 5.74) is 11.9. The Hall–Kier alpha value is -3.73. The van der Waals surface area contributed by atoms with E-state index in [0.717, 1.165) is 44.0 Å². The summed E-state index contributed by atoms with van der Waals surface area (Å²) in [4.78, 5) is 15.7. The van der Waals surface area contributed by atoms with Crippen LogP contribution < -0.4 is 15.2 Å². The zero-order chi connectivity index (χ0) is 25.6. The Morgan fingerprint density at radius 2 is 1.70 bits per heavy atom. The van der Waals surface area contributed by atoms with Gasteiger partial charge in [-0.05, 0) is 28.3 Å². The topological polar surface area (TPSA) is 110 Å². The summed E-state index contributed by atoms with van der Waals surface area (Å²) in [6, 6.07) is 17.8. The standard InChI is InChI=1S/C27H32N6O4/c1-34-14-15-37-26-30-24(28)23-25(31-26)33(27(29-23)35-2)18-19-6-8-21(9-7-19)22-5-3-4-20(16-22)17-32-10-12-36-13-11-32/h3-9,16H,10-15,17-18H2,1-2H3,(H2,28,30,31). The number of nitrogens with two attached hydrogens (primary N) is 1. The van der Waals surface area contributed by atoms with Gasteiger partial charge in [-0.25, -0.2) is 0 Å². The van der Waals surface area contributed by atoms with Crippen LogP contribution in [-0.2, 0) is 22.6 Å². The molecule has 10 nitrogen and oxygen atoms in total. The van der Waals surface area contributed by atoms with Crippen molar-refractivity contribution in [3.63, 3.8) is 0 Å². The maximum absolute atomic E-state index is 6.14. The molecule has 0 radical (unpaired) electrons. The fourth-order valence-electron chi connectivity index (χ4n) is 4.41. The Kier molecular flexibility index (Phi) is 7.79. The van der Waals surface area contributed by atoms with E-state index in [1.807, 2.05) is 4.57 Å². The fourth-order valence-corrected chi connectivity index (χ4v) is 4.41. The molecule has 194 valence electrons. The SMILES string of the molecule is COCCOc1nc(N)c2nc(OC)n(Cc3ccc(-c4cccc(CN5CCOCC5)c4)cc3)c2n1. The van der Waals surface area contributed by atoms with E-state index in [0.29, 0.717) is 36.9 Å². The quantitative estimate of drug-likeness (QED) is 0.326. The molecule has 1 aliphatic rings. The van der Waals surface area contributed by atoms with E-state index in [9.17, 15) is 0 Å². The van der Waals surface area contributed by atoms with Crippen molar-refractivity contribution in [2.45, 2.75) is 13.1 Å². The lowest BCUT2D eigenvalue weighted by molar-refractivity contribution is 0.0342. The van der Waals surface area contributed by atoms with E-state index in [-0.39, 0.29) is 11.8 Å². The zero-order valence-electron chi connectivity index (χ0n) is 21.2. The summed E-state index contributed by atoms with van der Waals surface area (Å²) in [5.74, 6) is 0.238. The number of imidazole rings is 1. The largest absolute Gasteiger partial charge is 0.468 e. The molecule has 0 bridgehead atoms. The number of nitrogens with zero attached hydrogens (tertiary/aromatic N) is 5. The van der Waals surface area contributed by atoms with E-state index in [2.05, 4.69) is 68.4 Å². The van der Waals surface area contributed by atoms with Gasteiger partial charge in [-0.15, -0.1) is 0 Å². The second kappa shape index (κ2) is 11.5. The molecule has 2 N–H and O–H groups in total. The molecule has 2 aromatic carbocycles. The first-order valence-corrected chi connectivity index (χ1v) is 12.3. The molecule has 1 aliphatic heterocycles. The summed E-state index contributed by atoms with van der Waals surface area (Å²) in [5, 5.41) is 0. The van der Waals surface area contributed by atoms with Gasteiger partial charge in [0, 0.05) is 26.7 Å². The molecule has 3 heterocycles. The smallest absolute Gasteiger partial charge is 0.320 e. The van der Waals surface area contributed by atoms with Gasteiger partial charge in [-0.1, -0.05) is 42.5 Å². The number of hydrogen-bond acceptors (Lipinski definition) is 9. The third-order valence-electron chi connectivity index (χ3n) is 6.33. The lowest BCUT2D eigenvalue weighted by Gasteiger charge is -2.26. The van der Waals surface area contributed by atoms with Crippen molar-refractivity contribution < 1.29 is 18.9 Å². The minimum Gasteiger partial charge on any atom is -0.468 e. The first-order valence-electron chi connectivity index (χ1n) is 12.3. The predicted octanol–water partition coefficient (Wildman–Crippen LogP) is 2.99. The number of hydrogen-bond donors (Lipinski definition) is 1. The highest BCUT2D eigenvalue weighted by atomic mass is 16.5. The van der Waals surface area contributed by atoms with Crippen molar-refractivity contribution in [1.82, 2.24) is 24.4 Å². The molecule has 1 fully saturated rings. The van der Waals surface area contributed by atoms with Gasteiger partial charge in [0.25, 0.3) is 6.01 Å². The van der Waals surface area contributed by atoms with E-state index < -0.39 is 0 Å².